The molecule has 1 aliphatic heterocycles. The van der Waals surface area contributed by atoms with Crippen LogP contribution in [0, 0.1) is 0 Å². The number of hydrogen-bond donors (Lipinski definition) is 1. The van der Waals surface area contributed by atoms with Crippen LogP contribution in [0.3, 0.4) is 0 Å². The molecule has 0 saturated carbocycles. The van der Waals surface area contributed by atoms with Crippen molar-refractivity contribution >= 4 is 28.9 Å². The fraction of sp³-hybridized carbons (Fsp3) is 0.333. The Hall–Kier alpha value is -2.41. The summed E-state index contributed by atoms with van der Waals surface area (Å²) in [4.78, 5) is 19.0. The van der Waals surface area contributed by atoms with Crippen molar-refractivity contribution in [1.29, 1.82) is 0 Å². The number of carboxylic acid groups (broad SMARTS) is 1. The van der Waals surface area contributed by atoms with Crippen molar-refractivity contribution in [3.63, 3.8) is 0 Å². The van der Waals surface area contributed by atoms with Gasteiger partial charge in [-0.1, -0.05) is 54.9 Å². The number of thiazole rings is 1. The molecule has 0 amide bonds. The molecule has 1 atom stereocenters. The lowest BCUT2D eigenvalue weighted by molar-refractivity contribution is -0.137. The summed E-state index contributed by atoms with van der Waals surface area (Å²) < 4.78 is 6.59. The van der Waals surface area contributed by atoms with E-state index in [1.807, 2.05) is 31.2 Å². The average molecular weight is 457 g/mol. The number of fused-ring (bicyclic) bond motifs is 1. The Morgan fingerprint density at radius 2 is 2.03 bits per heavy atom. The van der Waals surface area contributed by atoms with Crippen molar-refractivity contribution in [2.75, 3.05) is 6.54 Å². The van der Waals surface area contributed by atoms with E-state index in [4.69, 9.17) is 21.4 Å². The first-order valence-electron chi connectivity index (χ1n) is 10.3. The van der Waals surface area contributed by atoms with E-state index < -0.39 is 5.97 Å². The Morgan fingerprint density at radius 1 is 1.26 bits per heavy atom. The van der Waals surface area contributed by atoms with Crippen LogP contribution >= 0.6 is 22.9 Å². The highest BCUT2D eigenvalue weighted by Gasteiger charge is 2.20. The Kier molecular flexibility index (Phi) is 6.90. The molecule has 31 heavy (non-hydrogen) atoms. The van der Waals surface area contributed by atoms with Crippen LogP contribution in [0.4, 0.5) is 0 Å². The number of carboxylic acids is 1. The van der Waals surface area contributed by atoms with Gasteiger partial charge in [0.2, 0.25) is 0 Å². The van der Waals surface area contributed by atoms with Gasteiger partial charge < -0.3 is 9.84 Å². The maximum absolute atomic E-state index is 10.9. The molecule has 1 aliphatic rings. The quantitative estimate of drug-likeness (QED) is 0.484. The second-order valence-electron chi connectivity index (χ2n) is 7.97. The Labute approximate surface area is 191 Å². The van der Waals surface area contributed by atoms with Crippen molar-refractivity contribution in [1.82, 2.24) is 9.88 Å². The second kappa shape index (κ2) is 9.81. The Balaban J connectivity index is 1.32. The summed E-state index contributed by atoms with van der Waals surface area (Å²) >= 11 is 7.64. The molecule has 7 heteroatoms. The van der Waals surface area contributed by atoms with Gasteiger partial charge in [0.25, 0.3) is 0 Å². The third-order valence-corrected chi connectivity index (χ3v) is 6.70. The van der Waals surface area contributed by atoms with E-state index in [-0.39, 0.29) is 12.3 Å². The predicted molar refractivity (Wildman–Crippen MR) is 123 cm³/mol. The topological polar surface area (TPSA) is 62.7 Å². The second-order valence-corrected chi connectivity index (χ2v) is 9.64. The summed E-state index contributed by atoms with van der Waals surface area (Å²) in [7, 11) is 0. The number of halogens is 1. The van der Waals surface area contributed by atoms with Crippen molar-refractivity contribution in [3.8, 4) is 5.75 Å². The minimum absolute atomic E-state index is 0.0184. The van der Waals surface area contributed by atoms with E-state index >= 15 is 0 Å². The molecule has 1 aromatic heterocycles. The Bertz CT molecular complexity index is 1050. The summed E-state index contributed by atoms with van der Waals surface area (Å²) in [5.74, 6) is -0.0223. The first-order valence-corrected chi connectivity index (χ1v) is 11.5. The molecule has 5 nitrogen and oxygen atoms in total. The van der Waals surface area contributed by atoms with Crippen molar-refractivity contribution in [2.24, 2.45) is 0 Å². The molecule has 0 fully saturated rings. The molecule has 1 N–H and O–H groups in total. The van der Waals surface area contributed by atoms with E-state index in [1.54, 1.807) is 11.3 Å². The Morgan fingerprint density at radius 3 is 2.81 bits per heavy atom. The number of ether oxygens (including phenoxy) is 1. The number of aromatic nitrogens is 1. The molecule has 2 heterocycles. The molecular formula is C24H25ClN2O3S. The lowest BCUT2D eigenvalue weighted by Gasteiger charge is -2.26. The zero-order valence-corrected chi connectivity index (χ0v) is 19.0. The number of nitrogens with zero attached hydrogens (tertiary/aromatic N) is 2. The highest BCUT2D eigenvalue weighted by atomic mass is 35.5. The van der Waals surface area contributed by atoms with E-state index in [1.165, 1.54) is 10.4 Å². The molecule has 2 aromatic carbocycles. The van der Waals surface area contributed by atoms with Gasteiger partial charge in [0.15, 0.2) is 4.47 Å². The van der Waals surface area contributed by atoms with Crippen LogP contribution in [-0.4, -0.2) is 27.5 Å². The standard InChI is InChI=1S/C24H25ClN2O3S/c1-16(11-23(28)29)19-5-7-20(8-6-19)30-15-18-4-2-3-17(12-18)13-27-10-9-21-22(14-27)31-24(25)26-21/h2-8,12,16H,9-11,13-15H2,1H3,(H,28,29). The molecule has 0 spiro atoms. The molecule has 162 valence electrons. The van der Waals surface area contributed by atoms with Gasteiger partial charge in [-0.2, -0.15) is 0 Å². The first-order chi connectivity index (χ1) is 15.0. The molecule has 0 aliphatic carbocycles. The maximum Gasteiger partial charge on any atom is 0.303 e. The van der Waals surface area contributed by atoms with Gasteiger partial charge in [0, 0.05) is 30.9 Å². The normalized spacial score (nSPS) is 14.8. The molecule has 4 rings (SSSR count). The summed E-state index contributed by atoms with van der Waals surface area (Å²) in [6.07, 6.45) is 1.07. The third-order valence-electron chi connectivity index (χ3n) is 5.52. The maximum atomic E-state index is 10.9. The summed E-state index contributed by atoms with van der Waals surface area (Å²) in [5, 5.41) is 8.95. The lowest BCUT2D eigenvalue weighted by atomic mass is 9.98. The first kappa shape index (κ1) is 21.8. The smallest absolute Gasteiger partial charge is 0.303 e. The summed E-state index contributed by atoms with van der Waals surface area (Å²) in [6, 6.07) is 16.2. The predicted octanol–water partition coefficient (Wildman–Crippen LogP) is 5.51. The van der Waals surface area contributed by atoms with Crippen LogP contribution in [-0.2, 0) is 30.9 Å². The number of benzene rings is 2. The molecule has 0 radical (unpaired) electrons. The zero-order valence-electron chi connectivity index (χ0n) is 17.4. The molecule has 0 saturated heterocycles. The number of aliphatic carboxylic acids is 1. The van der Waals surface area contributed by atoms with Gasteiger partial charge in [-0.3, -0.25) is 9.69 Å². The van der Waals surface area contributed by atoms with E-state index in [9.17, 15) is 4.79 Å². The van der Waals surface area contributed by atoms with Gasteiger partial charge in [-0.25, -0.2) is 4.98 Å². The monoisotopic (exact) mass is 456 g/mol. The third kappa shape index (κ3) is 5.85. The molecule has 3 aromatic rings. The highest BCUT2D eigenvalue weighted by Crippen LogP contribution is 2.29. The van der Waals surface area contributed by atoms with Crippen LogP contribution < -0.4 is 4.74 Å². The fourth-order valence-electron chi connectivity index (χ4n) is 3.87. The molecule has 0 bridgehead atoms. The van der Waals surface area contributed by atoms with Gasteiger partial charge in [-0.15, -0.1) is 11.3 Å². The molecular weight excluding hydrogens is 432 g/mol. The van der Waals surface area contributed by atoms with Gasteiger partial charge >= 0.3 is 5.97 Å². The van der Waals surface area contributed by atoms with Crippen LogP contribution in [0.25, 0.3) is 0 Å². The van der Waals surface area contributed by atoms with Crippen molar-refractivity contribution in [2.45, 2.75) is 45.4 Å². The largest absolute Gasteiger partial charge is 0.489 e. The van der Waals surface area contributed by atoms with Crippen molar-refractivity contribution < 1.29 is 14.6 Å². The number of carbonyl (C=O) groups is 1. The average Bonchev–Trinajstić information content (AvgIpc) is 3.12. The van der Waals surface area contributed by atoms with Crippen LogP contribution in [0.5, 0.6) is 5.75 Å². The minimum Gasteiger partial charge on any atom is -0.489 e. The van der Waals surface area contributed by atoms with Crippen LogP contribution in [0.15, 0.2) is 48.5 Å². The van der Waals surface area contributed by atoms with Crippen LogP contribution in [0.2, 0.25) is 4.47 Å². The lowest BCUT2D eigenvalue weighted by Crippen LogP contribution is -2.29. The van der Waals surface area contributed by atoms with E-state index in [2.05, 4.69) is 34.1 Å². The minimum atomic E-state index is -0.784. The van der Waals surface area contributed by atoms with Crippen molar-refractivity contribution in [3.05, 3.63) is 80.3 Å². The van der Waals surface area contributed by atoms with Crippen LogP contribution in [0.1, 0.15) is 46.5 Å². The molecule has 1 unspecified atom stereocenters. The number of rotatable bonds is 8. The SMILES string of the molecule is CC(CC(=O)O)c1ccc(OCc2cccc(CN3CCc4nc(Cl)sc4C3)c2)cc1. The van der Waals surface area contributed by atoms with Gasteiger partial charge in [-0.05, 0) is 34.7 Å². The van der Waals surface area contributed by atoms with E-state index in [0.29, 0.717) is 11.1 Å². The van der Waals surface area contributed by atoms with E-state index in [0.717, 1.165) is 48.6 Å². The van der Waals surface area contributed by atoms with Gasteiger partial charge in [0.1, 0.15) is 12.4 Å². The summed E-state index contributed by atoms with van der Waals surface area (Å²) in [6.45, 7) is 5.18. The van der Waals surface area contributed by atoms with Gasteiger partial charge in [0.05, 0.1) is 12.1 Å². The number of hydrogen-bond acceptors (Lipinski definition) is 5. The summed E-state index contributed by atoms with van der Waals surface area (Å²) in [5.41, 5.74) is 4.54. The highest BCUT2D eigenvalue weighted by molar-refractivity contribution is 7.15. The fourth-order valence-corrected chi connectivity index (χ4v) is 5.12. The zero-order chi connectivity index (χ0) is 21.8.